The topological polar surface area (TPSA) is 42.7 Å². The highest BCUT2D eigenvalue weighted by Gasteiger charge is 2.21. The smallest absolute Gasteiger partial charge is 0.0725 e. The standard InChI is InChI=1S/C10H18N4/c1-8(6-11-9-3-4-9)5-10-7-12-13-14(10)2/h7-9,11H,3-6H2,1-2H3. The predicted octanol–water partition coefficient (Wildman–Crippen LogP) is 0.746. The molecule has 0 radical (unpaired) electrons. The molecular weight excluding hydrogens is 176 g/mol. The lowest BCUT2D eigenvalue weighted by Gasteiger charge is -2.11. The average molecular weight is 194 g/mol. The quantitative estimate of drug-likeness (QED) is 0.752. The Morgan fingerprint density at radius 1 is 1.64 bits per heavy atom. The Hall–Kier alpha value is -0.900. The SMILES string of the molecule is CC(CNC1CC1)Cc1cnnn1C. The molecule has 0 bridgehead atoms. The number of hydrogen-bond donors (Lipinski definition) is 1. The van der Waals surface area contributed by atoms with E-state index in [2.05, 4.69) is 22.6 Å². The maximum atomic E-state index is 3.92. The Balaban J connectivity index is 1.75. The van der Waals surface area contributed by atoms with E-state index < -0.39 is 0 Å². The summed E-state index contributed by atoms with van der Waals surface area (Å²) >= 11 is 0. The molecule has 1 unspecified atom stereocenters. The molecule has 78 valence electrons. The lowest BCUT2D eigenvalue weighted by atomic mass is 10.1. The van der Waals surface area contributed by atoms with E-state index in [1.165, 1.54) is 18.5 Å². The molecule has 1 aliphatic carbocycles. The Morgan fingerprint density at radius 3 is 3.00 bits per heavy atom. The second-order valence-corrected chi connectivity index (χ2v) is 4.34. The summed E-state index contributed by atoms with van der Waals surface area (Å²) in [7, 11) is 1.95. The molecule has 4 nitrogen and oxygen atoms in total. The van der Waals surface area contributed by atoms with Gasteiger partial charge in [-0.05, 0) is 31.7 Å². The molecule has 14 heavy (non-hydrogen) atoms. The molecule has 1 aromatic rings. The van der Waals surface area contributed by atoms with Crippen LogP contribution >= 0.6 is 0 Å². The molecule has 0 amide bonds. The Labute approximate surface area is 84.7 Å². The number of nitrogens with zero attached hydrogens (tertiary/aromatic N) is 3. The first-order chi connectivity index (χ1) is 6.75. The second kappa shape index (κ2) is 4.09. The van der Waals surface area contributed by atoms with Crippen LogP contribution in [0.4, 0.5) is 0 Å². The minimum atomic E-state index is 0.660. The van der Waals surface area contributed by atoms with Crippen molar-refractivity contribution in [2.24, 2.45) is 13.0 Å². The zero-order valence-electron chi connectivity index (χ0n) is 8.90. The van der Waals surface area contributed by atoms with E-state index in [0.29, 0.717) is 5.92 Å². The lowest BCUT2D eigenvalue weighted by molar-refractivity contribution is 0.493. The average Bonchev–Trinajstić information content (AvgIpc) is 2.90. The van der Waals surface area contributed by atoms with E-state index in [0.717, 1.165) is 19.0 Å². The number of aromatic nitrogens is 3. The molecule has 0 spiro atoms. The van der Waals surface area contributed by atoms with Crippen molar-refractivity contribution in [1.82, 2.24) is 20.3 Å². The third-order valence-electron chi connectivity index (χ3n) is 2.70. The molecule has 1 fully saturated rings. The van der Waals surface area contributed by atoms with Gasteiger partial charge in [-0.15, -0.1) is 5.10 Å². The summed E-state index contributed by atoms with van der Waals surface area (Å²) in [6.07, 6.45) is 5.64. The van der Waals surface area contributed by atoms with E-state index >= 15 is 0 Å². The highest BCUT2D eigenvalue weighted by molar-refractivity contribution is 4.95. The molecule has 2 rings (SSSR count). The van der Waals surface area contributed by atoms with Gasteiger partial charge in [0.25, 0.3) is 0 Å². The summed E-state index contributed by atoms with van der Waals surface area (Å²) in [6.45, 7) is 3.37. The van der Waals surface area contributed by atoms with Gasteiger partial charge in [-0.2, -0.15) is 0 Å². The Morgan fingerprint density at radius 2 is 2.43 bits per heavy atom. The number of rotatable bonds is 5. The van der Waals surface area contributed by atoms with Crippen LogP contribution in [0.5, 0.6) is 0 Å². The van der Waals surface area contributed by atoms with E-state index in [4.69, 9.17) is 0 Å². The molecular formula is C10H18N4. The van der Waals surface area contributed by atoms with Gasteiger partial charge in [0.05, 0.1) is 11.9 Å². The van der Waals surface area contributed by atoms with Crippen molar-refractivity contribution in [3.63, 3.8) is 0 Å². The molecule has 1 N–H and O–H groups in total. The number of nitrogens with one attached hydrogen (secondary N) is 1. The van der Waals surface area contributed by atoms with Gasteiger partial charge in [-0.3, -0.25) is 4.68 Å². The van der Waals surface area contributed by atoms with Gasteiger partial charge in [0.1, 0.15) is 0 Å². The minimum Gasteiger partial charge on any atom is -0.314 e. The predicted molar refractivity (Wildman–Crippen MR) is 54.9 cm³/mol. The monoisotopic (exact) mass is 194 g/mol. The second-order valence-electron chi connectivity index (χ2n) is 4.34. The molecule has 4 heteroatoms. The molecule has 0 aromatic carbocycles. The van der Waals surface area contributed by atoms with Crippen molar-refractivity contribution in [3.8, 4) is 0 Å². The van der Waals surface area contributed by atoms with Crippen molar-refractivity contribution in [2.45, 2.75) is 32.2 Å². The normalized spacial score (nSPS) is 18.4. The van der Waals surface area contributed by atoms with Crippen molar-refractivity contribution in [3.05, 3.63) is 11.9 Å². The number of hydrogen-bond acceptors (Lipinski definition) is 3. The van der Waals surface area contributed by atoms with Gasteiger partial charge in [-0.1, -0.05) is 12.1 Å². The van der Waals surface area contributed by atoms with E-state index in [9.17, 15) is 0 Å². The fraction of sp³-hybridized carbons (Fsp3) is 0.800. The van der Waals surface area contributed by atoms with Crippen molar-refractivity contribution in [1.29, 1.82) is 0 Å². The molecule has 0 saturated heterocycles. The fourth-order valence-electron chi connectivity index (χ4n) is 1.58. The van der Waals surface area contributed by atoms with E-state index in [-0.39, 0.29) is 0 Å². The van der Waals surface area contributed by atoms with Gasteiger partial charge in [0.2, 0.25) is 0 Å². The van der Waals surface area contributed by atoms with Gasteiger partial charge >= 0.3 is 0 Å². The first-order valence-electron chi connectivity index (χ1n) is 5.32. The van der Waals surface area contributed by atoms with Crippen LogP contribution in [0.3, 0.4) is 0 Å². The van der Waals surface area contributed by atoms with Crippen LogP contribution in [0, 0.1) is 5.92 Å². The summed E-state index contributed by atoms with van der Waals surface area (Å²) in [5, 5.41) is 11.3. The largest absolute Gasteiger partial charge is 0.314 e. The zero-order chi connectivity index (χ0) is 9.97. The maximum Gasteiger partial charge on any atom is 0.0725 e. The van der Waals surface area contributed by atoms with Crippen molar-refractivity contribution < 1.29 is 0 Å². The molecule has 1 heterocycles. The molecule has 1 saturated carbocycles. The third-order valence-corrected chi connectivity index (χ3v) is 2.70. The van der Waals surface area contributed by atoms with Crippen LogP contribution < -0.4 is 5.32 Å². The maximum absolute atomic E-state index is 3.92. The molecule has 0 aliphatic heterocycles. The summed E-state index contributed by atoms with van der Waals surface area (Å²) in [4.78, 5) is 0. The highest BCUT2D eigenvalue weighted by Crippen LogP contribution is 2.19. The van der Waals surface area contributed by atoms with Gasteiger partial charge in [-0.25, -0.2) is 0 Å². The Bertz CT molecular complexity index is 290. The summed E-state index contributed by atoms with van der Waals surface area (Å²) in [5.74, 6) is 0.660. The highest BCUT2D eigenvalue weighted by atomic mass is 15.4. The lowest BCUT2D eigenvalue weighted by Crippen LogP contribution is -2.24. The third kappa shape index (κ3) is 2.54. The summed E-state index contributed by atoms with van der Waals surface area (Å²) < 4.78 is 1.85. The first-order valence-corrected chi connectivity index (χ1v) is 5.32. The fourth-order valence-corrected chi connectivity index (χ4v) is 1.58. The van der Waals surface area contributed by atoms with Crippen molar-refractivity contribution >= 4 is 0 Å². The zero-order valence-corrected chi connectivity index (χ0v) is 8.90. The summed E-state index contributed by atoms with van der Waals surface area (Å²) in [5.41, 5.74) is 1.22. The number of aryl methyl sites for hydroxylation is 1. The van der Waals surface area contributed by atoms with Crippen LogP contribution in [-0.2, 0) is 13.5 Å². The van der Waals surface area contributed by atoms with E-state index in [1.54, 1.807) is 0 Å². The van der Waals surface area contributed by atoms with Gasteiger partial charge < -0.3 is 5.32 Å². The molecule has 1 aromatic heterocycles. The van der Waals surface area contributed by atoms with Crippen LogP contribution in [0.2, 0.25) is 0 Å². The van der Waals surface area contributed by atoms with Gasteiger partial charge in [0.15, 0.2) is 0 Å². The van der Waals surface area contributed by atoms with Crippen LogP contribution in [0.15, 0.2) is 6.20 Å². The van der Waals surface area contributed by atoms with Crippen LogP contribution in [0.1, 0.15) is 25.5 Å². The van der Waals surface area contributed by atoms with Gasteiger partial charge in [0, 0.05) is 13.1 Å². The first kappa shape index (κ1) is 9.65. The van der Waals surface area contributed by atoms with Crippen LogP contribution in [0.25, 0.3) is 0 Å². The van der Waals surface area contributed by atoms with Crippen LogP contribution in [-0.4, -0.2) is 27.6 Å². The minimum absolute atomic E-state index is 0.660. The Kier molecular flexibility index (Phi) is 2.82. The molecule has 1 atom stereocenters. The van der Waals surface area contributed by atoms with E-state index in [1.807, 2.05) is 17.9 Å². The molecule has 1 aliphatic rings. The van der Waals surface area contributed by atoms with Crippen molar-refractivity contribution in [2.75, 3.05) is 6.54 Å². The summed E-state index contributed by atoms with van der Waals surface area (Å²) in [6, 6.07) is 0.808.